The van der Waals surface area contributed by atoms with Gasteiger partial charge in [-0.15, -0.1) is 0 Å². The molecule has 0 radical (unpaired) electrons. The van der Waals surface area contributed by atoms with Crippen LogP contribution in [-0.4, -0.2) is 46.2 Å². The van der Waals surface area contributed by atoms with Crippen LogP contribution in [-0.2, 0) is 11.3 Å². The first-order chi connectivity index (χ1) is 14.9. The van der Waals surface area contributed by atoms with E-state index >= 15 is 0 Å². The molecule has 0 aliphatic carbocycles. The molecule has 6 nitrogen and oxygen atoms in total. The zero-order chi connectivity index (χ0) is 22.2. The van der Waals surface area contributed by atoms with Gasteiger partial charge in [0, 0.05) is 31.1 Å². The summed E-state index contributed by atoms with van der Waals surface area (Å²) in [4.78, 5) is 26.1. The van der Waals surface area contributed by atoms with E-state index in [9.17, 15) is 9.59 Å². The monoisotopic (exact) mass is 427 g/mol. The molecule has 2 aliphatic heterocycles. The third-order valence-corrected chi connectivity index (χ3v) is 6.40. The second kappa shape index (κ2) is 11.3. The van der Waals surface area contributed by atoms with Crippen molar-refractivity contribution in [3.63, 3.8) is 0 Å². The molecule has 0 aromatic heterocycles. The third kappa shape index (κ3) is 7.39. The number of rotatable bonds is 9. The summed E-state index contributed by atoms with van der Waals surface area (Å²) >= 11 is 0. The Morgan fingerprint density at radius 2 is 1.84 bits per heavy atom. The molecule has 3 N–H and O–H groups in total. The smallest absolute Gasteiger partial charge is 0.405 e. The fourth-order valence-electron chi connectivity index (χ4n) is 5.13. The maximum absolute atomic E-state index is 12.5. The molecular weight excluding hydrogens is 390 g/mol. The van der Waals surface area contributed by atoms with E-state index in [-0.39, 0.29) is 24.4 Å². The highest BCUT2D eigenvalue weighted by Crippen LogP contribution is 2.35. The SMILES string of the molecule is CC(C)C[C@@H](/C=C/CC(=O)NC1CC2CCCC(C1)N2Cc1ccccc1)NC(=O)O. The third-order valence-electron chi connectivity index (χ3n) is 6.40. The van der Waals surface area contributed by atoms with Crippen molar-refractivity contribution in [3.05, 3.63) is 48.0 Å². The minimum Gasteiger partial charge on any atom is -0.465 e. The molecule has 2 saturated heterocycles. The van der Waals surface area contributed by atoms with Gasteiger partial charge in [0.2, 0.25) is 5.91 Å². The number of amides is 2. The number of nitrogens with zero attached hydrogens (tertiary/aromatic N) is 1. The number of hydrogen-bond donors (Lipinski definition) is 3. The standard InChI is InChI=1S/C25H37N3O3/c1-18(2)14-20(27-25(30)31)10-6-13-24(29)26-21-15-22-11-7-12-23(16-21)28(22)17-19-8-4-3-5-9-19/h3-6,8-10,18,20-23,27H,7,11-17H2,1-2H3,(H,26,29)(H,30,31)/b10-6+/t20-,21?,22?,23?/m1/s1. The second-order valence-electron chi connectivity index (χ2n) is 9.45. The van der Waals surface area contributed by atoms with Crippen LogP contribution < -0.4 is 10.6 Å². The molecular formula is C25H37N3O3. The van der Waals surface area contributed by atoms with Gasteiger partial charge in [-0.3, -0.25) is 9.69 Å². The van der Waals surface area contributed by atoms with Gasteiger partial charge in [-0.2, -0.15) is 0 Å². The van der Waals surface area contributed by atoms with Gasteiger partial charge in [-0.1, -0.05) is 62.8 Å². The van der Waals surface area contributed by atoms with Gasteiger partial charge >= 0.3 is 6.09 Å². The lowest BCUT2D eigenvalue weighted by Crippen LogP contribution is -2.56. The zero-order valence-corrected chi connectivity index (χ0v) is 18.8. The molecule has 2 amide bonds. The van der Waals surface area contributed by atoms with Gasteiger partial charge in [-0.05, 0) is 43.6 Å². The van der Waals surface area contributed by atoms with Crippen molar-refractivity contribution < 1.29 is 14.7 Å². The van der Waals surface area contributed by atoms with Crippen LogP contribution >= 0.6 is 0 Å². The number of carbonyl (C=O) groups is 2. The van der Waals surface area contributed by atoms with Crippen LogP contribution in [0.2, 0.25) is 0 Å². The highest BCUT2D eigenvalue weighted by molar-refractivity contribution is 5.77. The molecule has 1 aromatic carbocycles. The number of benzene rings is 1. The van der Waals surface area contributed by atoms with Gasteiger partial charge in [0.15, 0.2) is 0 Å². The van der Waals surface area contributed by atoms with Gasteiger partial charge in [-0.25, -0.2) is 4.79 Å². The van der Waals surface area contributed by atoms with Crippen molar-refractivity contribution in [3.8, 4) is 0 Å². The molecule has 3 rings (SSSR count). The Balaban J connectivity index is 1.49. The average molecular weight is 428 g/mol. The lowest BCUT2D eigenvalue weighted by Gasteiger charge is -2.49. The summed E-state index contributed by atoms with van der Waals surface area (Å²) in [5.74, 6) is 0.394. The van der Waals surface area contributed by atoms with Crippen molar-refractivity contribution in [2.24, 2.45) is 5.92 Å². The number of carbonyl (C=O) groups excluding carboxylic acids is 1. The minimum atomic E-state index is -1.03. The predicted octanol–water partition coefficient (Wildman–Crippen LogP) is 4.32. The van der Waals surface area contributed by atoms with E-state index in [0.29, 0.717) is 24.4 Å². The number of nitrogens with one attached hydrogen (secondary N) is 2. The van der Waals surface area contributed by atoms with E-state index in [1.807, 2.05) is 6.08 Å². The summed E-state index contributed by atoms with van der Waals surface area (Å²) in [7, 11) is 0. The van der Waals surface area contributed by atoms with Crippen LogP contribution in [0.4, 0.5) is 4.79 Å². The largest absolute Gasteiger partial charge is 0.465 e. The number of fused-ring (bicyclic) bond motifs is 2. The lowest BCUT2D eigenvalue weighted by molar-refractivity contribution is -0.121. The molecule has 31 heavy (non-hydrogen) atoms. The van der Waals surface area contributed by atoms with E-state index in [1.54, 1.807) is 6.08 Å². The normalized spacial score (nSPS) is 24.8. The molecule has 2 unspecified atom stereocenters. The number of carboxylic acid groups (broad SMARTS) is 1. The van der Waals surface area contributed by atoms with Crippen molar-refractivity contribution in [1.82, 2.24) is 15.5 Å². The van der Waals surface area contributed by atoms with E-state index in [0.717, 1.165) is 19.4 Å². The van der Waals surface area contributed by atoms with E-state index in [1.165, 1.54) is 24.8 Å². The average Bonchev–Trinajstić information content (AvgIpc) is 2.68. The lowest BCUT2D eigenvalue weighted by atomic mass is 9.81. The Morgan fingerprint density at radius 3 is 2.45 bits per heavy atom. The topological polar surface area (TPSA) is 81.7 Å². The Kier molecular flexibility index (Phi) is 8.52. The highest BCUT2D eigenvalue weighted by Gasteiger charge is 2.38. The summed E-state index contributed by atoms with van der Waals surface area (Å²) in [6.45, 7) is 5.10. The second-order valence-corrected chi connectivity index (χ2v) is 9.45. The molecule has 0 saturated carbocycles. The maximum atomic E-state index is 12.5. The molecule has 2 heterocycles. The van der Waals surface area contributed by atoms with Gasteiger partial charge in [0.25, 0.3) is 0 Å². The first-order valence-corrected chi connectivity index (χ1v) is 11.7. The molecule has 170 valence electrons. The van der Waals surface area contributed by atoms with Gasteiger partial charge in [0.1, 0.15) is 0 Å². The first-order valence-electron chi connectivity index (χ1n) is 11.7. The van der Waals surface area contributed by atoms with Crippen molar-refractivity contribution in [2.45, 2.75) is 89.5 Å². The summed E-state index contributed by atoms with van der Waals surface area (Å²) in [5, 5.41) is 14.7. The van der Waals surface area contributed by atoms with Crippen LogP contribution in [0.3, 0.4) is 0 Å². The van der Waals surface area contributed by atoms with E-state index < -0.39 is 6.09 Å². The Bertz CT molecular complexity index is 736. The van der Waals surface area contributed by atoms with E-state index in [4.69, 9.17) is 5.11 Å². The Labute approximate surface area is 186 Å². The maximum Gasteiger partial charge on any atom is 0.405 e. The van der Waals surface area contributed by atoms with Crippen LogP contribution in [0.1, 0.15) is 64.4 Å². The molecule has 3 atom stereocenters. The van der Waals surface area contributed by atoms with Crippen molar-refractivity contribution >= 4 is 12.0 Å². The highest BCUT2D eigenvalue weighted by atomic mass is 16.4. The fraction of sp³-hybridized carbons (Fsp3) is 0.600. The van der Waals surface area contributed by atoms with Gasteiger partial charge in [0.05, 0.1) is 6.04 Å². The fourth-order valence-corrected chi connectivity index (χ4v) is 5.13. The molecule has 2 aliphatic rings. The molecule has 1 aromatic rings. The van der Waals surface area contributed by atoms with Crippen molar-refractivity contribution in [2.75, 3.05) is 0 Å². The summed E-state index contributed by atoms with van der Waals surface area (Å²) in [5.41, 5.74) is 1.36. The molecule has 0 spiro atoms. The zero-order valence-electron chi connectivity index (χ0n) is 18.8. The quantitative estimate of drug-likeness (QED) is 0.513. The number of piperidine rings is 2. The minimum absolute atomic E-state index is 0.0226. The first kappa shape index (κ1) is 23.3. The Morgan fingerprint density at radius 1 is 1.16 bits per heavy atom. The summed E-state index contributed by atoms with van der Waals surface area (Å²) in [6, 6.07) is 11.7. The van der Waals surface area contributed by atoms with Crippen molar-refractivity contribution in [1.29, 1.82) is 0 Å². The van der Waals surface area contributed by atoms with Crippen LogP contribution in [0, 0.1) is 5.92 Å². The van der Waals surface area contributed by atoms with Gasteiger partial charge < -0.3 is 15.7 Å². The number of hydrogen-bond acceptors (Lipinski definition) is 3. The van der Waals surface area contributed by atoms with E-state index in [2.05, 4.69) is 59.7 Å². The summed E-state index contributed by atoms with van der Waals surface area (Å²) in [6.07, 6.45) is 9.27. The van der Waals surface area contributed by atoms with Crippen LogP contribution in [0.15, 0.2) is 42.5 Å². The predicted molar refractivity (Wildman–Crippen MR) is 123 cm³/mol. The summed E-state index contributed by atoms with van der Waals surface area (Å²) < 4.78 is 0. The Hall–Kier alpha value is -2.34. The van der Waals surface area contributed by atoms with Crippen LogP contribution in [0.25, 0.3) is 0 Å². The molecule has 2 bridgehead atoms. The molecule has 2 fully saturated rings. The van der Waals surface area contributed by atoms with Crippen LogP contribution in [0.5, 0.6) is 0 Å². The molecule has 6 heteroatoms.